The molecule has 1 fully saturated rings. The molecule has 1 saturated heterocycles. The molecule has 0 radical (unpaired) electrons. The van der Waals surface area contributed by atoms with Gasteiger partial charge in [-0.05, 0) is 61.6 Å². The number of amides is 1. The van der Waals surface area contributed by atoms with Gasteiger partial charge in [-0.25, -0.2) is 0 Å². The molecular formula is C30H41N3O6. The van der Waals surface area contributed by atoms with E-state index in [4.69, 9.17) is 19.9 Å². The summed E-state index contributed by atoms with van der Waals surface area (Å²) < 4.78 is 16.6. The highest BCUT2D eigenvalue weighted by Crippen LogP contribution is 2.43. The molecule has 1 unspecified atom stereocenters. The van der Waals surface area contributed by atoms with Gasteiger partial charge in [-0.15, -0.1) is 0 Å². The lowest BCUT2D eigenvalue weighted by atomic mass is 9.83. The molecule has 2 aliphatic rings. The summed E-state index contributed by atoms with van der Waals surface area (Å²) in [5, 5.41) is 10.5. The summed E-state index contributed by atoms with van der Waals surface area (Å²) in [4.78, 5) is 30.5. The van der Waals surface area contributed by atoms with Crippen molar-refractivity contribution in [3.63, 3.8) is 0 Å². The molecule has 0 bridgehead atoms. The normalized spacial score (nSPS) is 20.2. The minimum atomic E-state index is -0.877. The number of carboxylic acid groups (broad SMARTS) is 1. The zero-order valence-electron chi connectivity index (χ0n) is 23.0. The molecule has 3 atom stereocenters. The fraction of sp³-hybridized carbons (Fsp3) is 0.533. The van der Waals surface area contributed by atoms with Gasteiger partial charge >= 0.3 is 5.97 Å². The molecule has 0 aliphatic carbocycles. The minimum absolute atomic E-state index is 0.0287. The summed E-state index contributed by atoms with van der Waals surface area (Å²) >= 11 is 0. The zero-order valence-corrected chi connectivity index (χ0v) is 23.0. The zero-order chi connectivity index (χ0) is 27.8. The molecule has 2 aromatic carbocycles. The van der Waals surface area contributed by atoms with E-state index in [1.165, 1.54) is 0 Å². The summed E-state index contributed by atoms with van der Waals surface area (Å²) in [5.41, 5.74) is 7.49. The molecule has 2 aromatic rings. The topological polar surface area (TPSA) is 115 Å². The van der Waals surface area contributed by atoms with Gasteiger partial charge in [-0.3, -0.25) is 14.5 Å². The summed E-state index contributed by atoms with van der Waals surface area (Å²) in [6.07, 6.45) is 4.10. The maximum atomic E-state index is 13.6. The average Bonchev–Trinajstić information content (AvgIpc) is 3.55. The van der Waals surface area contributed by atoms with Crippen LogP contribution in [-0.4, -0.2) is 79.5 Å². The van der Waals surface area contributed by atoms with E-state index in [2.05, 4.69) is 11.8 Å². The van der Waals surface area contributed by atoms with Crippen LogP contribution in [0.2, 0.25) is 0 Å². The molecule has 1 amide bonds. The number of nitrogens with zero attached hydrogens (tertiary/aromatic N) is 2. The third-order valence-corrected chi connectivity index (χ3v) is 7.83. The van der Waals surface area contributed by atoms with Crippen molar-refractivity contribution in [3.8, 4) is 17.2 Å². The number of hydrogen-bond acceptors (Lipinski definition) is 7. The fourth-order valence-corrected chi connectivity index (χ4v) is 5.76. The highest BCUT2D eigenvalue weighted by atomic mass is 16.7. The Morgan fingerprint density at radius 2 is 1.87 bits per heavy atom. The lowest BCUT2D eigenvalue weighted by Crippen LogP contribution is -2.45. The van der Waals surface area contributed by atoms with Crippen molar-refractivity contribution in [1.29, 1.82) is 0 Å². The number of carboxylic acids is 1. The van der Waals surface area contributed by atoms with Gasteiger partial charge in [0.05, 0.1) is 19.6 Å². The number of likely N-dealkylation sites (tertiary alicyclic amines) is 1. The van der Waals surface area contributed by atoms with Gasteiger partial charge in [0, 0.05) is 31.6 Å². The first kappa shape index (κ1) is 28.7. The van der Waals surface area contributed by atoms with Crippen LogP contribution in [0.15, 0.2) is 42.5 Å². The van der Waals surface area contributed by atoms with Gasteiger partial charge in [-0.2, -0.15) is 0 Å². The average molecular weight is 540 g/mol. The van der Waals surface area contributed by atoms with E-state index in [0.29, 0.717) is 49.8 Å². The van der Waals surface area contributed by atoms with Crippen LogP contribution in [-0.2, 0) is 16.0 Å². The number of carbonyl (C=O) groups excluding carboxylic acids is 1. The van der Waals surface area contributed by atoms with Crippen LogP contribution in [0.5, 0.6) is 17.2 Å². The van der Waals surface area contributed by atoms with Gasteiger partial charge in [-0.1, -0.05) is 37.6 Å². The van der Waals surface area contributed by atoms with Crippen LogP contribution >= 0.6 is 0 Å². The van der Waals surface area contributed by atoms with Crippen LogP contribution in [0, 0.1) is 5.92 Å². The smallest absolute Gasteiger partial charge is 0.308 e. The first-order valence-electron chi connectivity index (χ1n) is 13.9. The number of methoxy groups -OCH3 is 1. The highest BCUT2D eigenvalue weighted by Gasteiger charge is 2.47. The number of aliphatic carboxylic acids is 1. The van der Waals surface area contributed by atoms with Crippen molar-refractivity contribution in [2.45, 2.75) is 51.0 Å². The molecule has 0 aromatic heterocycles. The van der Waals surface area contributed by atoms with Crippen LogP contribution in [0.1, 0.15) is 49.7 Å². The first-order valence-corrected chi connectivity index (χ1v) is 13.9. The SMILES string of the molecule is CCCCN(CCCCN)C(=O)CN1C[C@H](c2ccc3c(c2)OCO3)C(C(=O)O)[C@@H]1Cc1ccccc1OC. The summed E-state index contributed by atoms with van der Waals surface area (Å²) in [7, 11) is 1.62. The maximum Gasteiger partial charge on any atom is 0.308 e. The Morgan fingerprint density at radius 1 is 1.10 bits per heavy atom. The number of ether oxygens (including phenoxy) is 3. The molecule has 2 aliphatic heterocycles. The second-order valence-corrected chi connectivity index (χ2v) is 10.3. The Bertz CT molecular complexity index is 1130. The van der Waals surface area contributed by atoms with E-state index >= 15 is 0 Å². The van der Waals surface area contributed by atoms with Crippen LogP contribution in [0.4, 0.5) is 0 Å². The molecule has 0 saturated carbocycles. The van der Waals surface area contributed by atoms with Crippen LogP contribution in [0.3, 0.4) is 0 Å². The Morgan fingerprint density at radius 3 is 2.62 bits per heavy atom. The molecule has 0 spiro atoms. The van der Waals surface area contributed by atoms with Crippen molar-refractivity contribution in [3.05, 3.63) is 53.6 Å². The molecular weight excluding hydrogens is 498 g/mol. The lowest BCUT2D eigenvalue weighted by molar-refractivity contribution is -0.143. The summed E-state index contributed by atoms with van der Waals surface area (Å²) in [5.74, 6) is 0.115. The number of benzene rings is 2. The van der Waals surface area contributed by atoms with E-state index in [9.17, 15) is 14.7 Å². The fourth-order valence-electron chi connectivity index (χ4n) is 5.76. The first-order chi connectivity index (χ1) is 19.0. The number of hydrogen-bond donors (Lipinski definition) is 2. The number of rotatable bonds is 14. The Hall–Kier alpha value is -3.30. The van der Waals surface area contributed by atoms with E-state index in [1.807, 2.05) is 47.4 Å². The van der Waals surface area contributed by atoms with Crippen molar-refractivity contribution in [1.82, 2.24) is 9.80 Å². The van der Waals surface area contributed by atoms with E-state index in [1.54, 1.807) is 7.11 Å². The number of carbonyl (C=O) groups is 2. The molecule has 9 nitrogen and oxygen atoms in total. The highest BCUT2D eigenvalue weighted by molar-refractivity contribution is 5.79. The van der Waals surface area contributed by atoms with Crippen LogP contribution in [0.25, 0.3) is 0 Å². The van der Waals surface area contributed by atoms with Gasteiger partial charge in [0.2, 0.25) is 12.7 Å². The third-order valence-electron chi connectivity index (χ3n) is 7.83. The lowest BCUT2D eigenvalue weighted by Gasteiger charge is -2.30. The number of unbranched alkanes of at least 4 members (excludes halogenated alkanes) is 2. The van der Waals surface area contributed by atoms with Gasteiger partial charge < -0.3 is 30.0 Å². The Labute approximate surface area is 230 Å². The van der Waals surface area contributed by atoms with Gasteiger partial charge in [0.1, 0.15) is 5.75 Å². The van der Waals surface area contributed by atoms with Crippen molar-refractivity contribution >= 4 is 11.9 Å². The standard InChI is InChI=1S/C30H41N3O6/c1-3-4-14-32(15-8-7-13-31)28(34)19-33-18-23(21-11-12-26-27(17-21)39-20-38-26)29(30(35)36)24(33)16-22-9-5-6-10-25(22)37-2/h5-6,9-12,17,23-24,29H,3-4,7-8,13-16,18-20,31H2,1-2H3,(H,35,36)/t23-,24+,29?/m1/s1. The molecule has 9 heteroatoms. The van der Waals surface area contributed by atoms with E-state index in [0.717, 1.165) is 36.8 Å². The molecule has 2 heterocycles. The Balaban J connectivity index is 1.64. The summed E-state index contributed by atoms with van der Waals surface area (Å²) in [6.45, 7) is 4.83. The van der Waals surface area contributed by atoms with E-state index < -0.39 is 17.9 Å². The number of para-hydroxylation sites is 1. The largest absolute Gasteiger partial charge is 0.496 e. The molecule has 3 N–H and O–H groups in total. The van der Waals surface area contributed by atoms with Gasteiger partial charge in [0.15, 0.2) is 11.5 Å². The molecule has 39 heavy (non-hydrogen) atoms. The van der Waals surface area contributed by atoms with Gasteiger partial charge in [0.25, 0.3) is 0 Å². The number of fused-ring (bicyclic) bond motifs is 1. The number of nitrogens with two attached hydrogens (primary N) is 1. The van der Waals surface area contributed by atoms with Crippen LogP contribution < -0.4 is 19.9 Å². The summed E-state index contributed by atoms with van der Waals surface area (Å²) in [6, 6.07) is 12.9. The predicted octanol–water partition coefficient (Wildman–Crippen LogP) is 3.50. The third kappa shape index (κ3) is 6.83. The second kappa shape index (κ2) is 13.7. The maximum absolute atomic E-state index is 13.6. The second-order valence-electron chi connectivity index (χ2n) is 10.3. The quantitative estimate of drug-likeness (QED) is 0.351. The molecule has 212 valence electrons. The minimum Gasteiger partial charge on any atom is -0.496 e. The predicted molar refractivity (Wildman–Crippen MR) is 148 cm³/mol. The van der Waals surface area contributed by atoms with Crippen molar-refractivity contribution in [2.75, 3.05) is 46.6 Å². The van der Waals surface area contributed by atoms with Crippen molar-refractivity contribution in [2.24, 2.45) is 11.7 Å². The van der Waals surface area contributed by atoms with E-state index in [-0.39, 0.29) is 25.2 Å². The monoisotopic (exact) mass is 539 g/mol. The molecule has 4 rings (SSSR count). The van der Waals surface area contributed by atoms with Crippen molar-refractivity contribution < 1.29 is 28.9 Å². The Kier molecular flexibility index (Phi) is 10.1.